The maximum atomic E-state index is 9.70. The number of ether oxygens (including phenoxy) is 3. The Morgan fingerprint density at radius 3 is 2.72 bits per heavy atom. The van der Waals surface area contributed by atoms with Gasteiger partial charge >= 0.3 is 0 Å². The zero-order valence-electron chi connectivity index (χ0n) is 10.5. The van der Waals surface area contributed by atoms with Crippen LogP contribution in [0.5, 0.6) is 11.5 Å². The molecule has 1 aliphatic heterocycles. The molecule has 0 bridgehead atoms. The first-order chi connectivity index (χ1) is 8.67. The van der Waals surface area contributed by atoms with Crippen LogP contribution in [0.15, 0.2) is 12.1 Å². The quantitative estimate of drug-likeness (QED) is 0.919. The molecule has 2 atom stereocenters. The van der Waals surface area contributed by atoms with Gasteiger partial charge in [-0.1, -0.05) is 11.6 Å². The van der Waals surface area contributed by atoms with Crippen molar-refractivity contribution in [3.8, 4) is 11.5 Å². The van der Waals surface area contributed by atoms with Crippen molar-refractivity contribution in [2.45, 2.75) is 25.0 Å². The third-order valence-electron chi connectivity index (χ3n) is 3.12. The molecule has 0 aliphatic carbocycles. The fourth-order valence-corrected chi connectivity index (χ4v) is 2.49. The van der Waals surface area contributed by atoms with E-state index in [-0.39, 0.29) is 12.2 Å². The number of aliphatic hydroxyl groups is 1. The van der Waals surface area contributed by atoms with E-state index in [1.54, 1.807) is 20.3 Å². The lowest BCUT2D eigenvalue weighted by molar-refractivity contribution is -0.0455. The van der Waals surface area contributed by atoms with E-state index in [1.165, 1.54) is 0 Å². The molecule has 1 saturated heterocycles. The topological polar surface area (TPSA) is 47.9 Å². The van der Waals surface area contributed by atoms with Crippen molar-refractivity contribution >= 4 is 11.6 Å². The Labute approximate surface area is 111 Å². The third kappa shape index (κ3) is 2.55. The van der Waals surface area contributed by atoms with Gasteiger partial charge in [-0.25, -0.2) is 0 Å². The summed E-state index contributed by atoms with van der Waals surface area (Å²) in [6.07, 6.45) is 0.697. The monoisotopic (exact) mass is 272 g/mol. The molecule has 100 valence electrons. The van der Waals surface area contributed by atoms with Crippen molar-refractivity contribution in [1.29, 1.82) is 0 Å². The highest BCUT2D eigenvalue weighted by molar-refractivity contribution is 6.33. The van der Waals surface area contributed by atoms with Gasteiger partial charge in [0.05, 0.1) is 26.4 Å². The Kier molecular flexibility index (Phi) is 4.32. The highest BCUT2D eigenvalue weighted by Crippen LogP contribution is 2.42. The average Bonchev–Trinajstić information content (AvgIpc) is 2.38. The second kappa shape index (κ2) is 5.78. The Bertz CT molecular complexity index is 422. The minimum atomic E-state index is -0.339. The molecule has 4 nitrogen and oxygen atoms in total. The molecule has 0 aromatic heterocycles. The number of hydrogen-bond acceptors (Lipinski definition) is 4. The number of rotatable bonds is 3. The van der Waals surface area contributed by atoms with Gasteiger partial charge < -0.3 is 19.3 Å². The second-order valence-corrected chi connectivity index (χ2v) is 4.62. The van der Waals surface area contributed by atoms with Gasteiger partial charge in [-0.2, -0.15) is 0 Å². The zero-order valence-corrected chi connectivity index (χ0v) is 11.2. The number of halogens is 1. The first-order valence-electron chi connectivity index (χ1n) is 5.87. The molecule has 2 unspecified atom stereocenters. The Morgan fingerprint density at radius 2 is 2.11 bits per heavy atom. The molecule has 18 heavy (non-hydrogen) atoms. The van der Waals surface area contributed by atoms with Crippen LogP contribution in [0, 0.1) is 0 Å². The summed E-state index contributed by atoms with van der Waals surface area (Å²) in [6, 6.07) is 3.65. The van der Waals surface area contributed by atoms with Crippen molar-refractivity contribution in [1.82, 2.24) is 0 Å². The number of hydrogen-bond donors (Lipinski definition) is 1. The van der Waals surface area contributed by atoms with E-state index in [1.807, 2.05) is 6.07 Å². The largest absolute Gasteiger partial charge is 0.495 e. The lowest BCUT2D eigenvalue weighted by Gasteiger charge is -2.28. The van der Waals surface area contributed by atoms with Gasteiger partial charge in [0.1, 0.15) is 16.5 Å². The predicted octanol–water partition coefficient (Wildman–Crippen LogP) is 2.57. The van der Waals surface area contributed by atoms with Crippen molar-refractivity contribution in [2.24, 2.45) is 0 Å². The molecule has 0 spiro atoms. The van der Waals surface area contributed by atoms with Crippen LogP contribution in [-0.2, 0) is 4.74 Å². The molecule has 1 fully saturated rings. The average molecular weight is 273 g/mol. The maximum Gasteiger partial charge on any atom is 0.147 e. The lowest BCUT2D eigenvalue weighted by atomic mass is 9.98. The first-order valence-corrected chi connectivity index (χ1v) is 6.25. The van der Waals surface area contributed by atoms with Crippen LogP contribution in [0.1, 0.15) is 24.5 Å². The van der Waals surface area contributed by atoms with Crippen LogP contribution >= 0.6 is 11.6 Å². The zero-order chi connectivity index (χ0) is 13.1. The summed E-state index contributed by atoms with van der Waals surface area (Å²) in [5, 5.41) is 10.1. The van der Waals surface area contributed by atoms with E-state index in [0.717, 1.165) is 5.56 Å². The Morgan fingerprint density at radius 1 is 1.33 bits per heavy atom. The minimum Gasteiger partial charge on any atom is -0.495 e. The van der Waals surface area contributed by atoms with Gasteiger partial charge in [0.25, 0.3) is 0 Å². The molecule has 5 heteroatoms. The minimum absolute atomic E-state index is 0.188. The van der Waals surface area contributed by atoms with Gasteiger partial charge in [0.15, 0.2) is 0 Å². The maximum absolute atomic E-state index is 9.70. The van der Waals surface area contributed by atoms with Crippen molar-refractivity contribution in [3.63, 3.8) is 0 Å². The van der Waals surface area contributed by atoms with Gasteiger partial charge in [-0.15, -0.1) is 0 Å². The molecule has 2 rings (SSSR count). The normalized spacial score (nSPS) is 23.8. The molecule has 1 aliphatic rings. The Balaban J connectivity index is 2.35. The molecule has 0 amide bonds. The highest BCUT2D eigenvalue weighted by Gasteiger charge is 2.26. The molecule has 0 radical (unpaired) electrons. The van der Waals surface area contributed by atoms with Gasteiger partial charge in [-0.3, -0.25) is 0 Å². The molecule has 1 aromatic carbocycles. The molecule has 1 aromatic rings. The van der Waals surface area contributed by atoms with E-state index in [4.69, 9.17) is 25.8 Å². The SMILES string of the molecule is COc1ccc(C2CC(O)CCO2)c(OC)c1Cl. The third-order valence-corrected chi connectivity index (χ3v) is 3.48. The smallest absolute Gasteiger partial charge is 0.147 e. The van der Waals surface area contributed by atoms with Crippen molar-refractivity contribution in [3.05, 3.63) is 22.7 Å². The van der Waals surface area contributed by atoms with Crippen LogP contribution in [0.3, 0.4) is 0 Å². The van der Waals surface area contributed by atoms with Crippen LogP contribution in [0.25, 0.3) is 0 Å². The number of methoxy groups -OCH3 is 2. The summed E-state index contributed by atoms with van der Waals surface area (Å²) in [5.74, 6) is 1.11. The number of benzene rings is 1. The van der Waals surface area contributed by atoms with Crippen molar-refractivity contribution in [2.75, 3.05) is 20.8 Å². The summed E-state index contributed by atoms with van der Waals surface area (Å²) < 4.78 is 16.1. The molecular formula is C13H17ClO4. The predicted molar refractivity (Wildman–Crippen MR) is 68.5 cm³/mol. The Hall–Kier alpha value is -0.970. The van der Waals surface area contributed by atoms with Gasteiger partial charge in [-0.05, 0) is 18.6 Å². The van der Waals surface area contributed by atoms with Crippen LogP contribution in [-0.4, -0.2) is 32.0 Å². The summed E-state index contributed by atoms with van der Waals surface area (Å²) in [4.78, 5) is 0. The van der Waals surface area contributed by atoms with E-state index in [2.05, 4.69) is 0 Å². The van der Waals surface area contributed by atoms with Crippen molar-refractivity contribution < 1.29 is 19.3 Å². The summed E-state index contributed by atoms with van der Waals surface area (Å²) in [7, 11) is 3.12. The van der Waals surface area contributed by atoms with E-state index >= 15 is 0 Å². The first kappa shape index (κ1) is 13.5. The van der Waals surface area contributed by atoms with Crippen LogP contribution < -0.4 is 9.47 Å². The standard InChI is InChI=1S/C13H17ClO4/c1-16-10-4-3-9(13(17-2)12(10)14)11-7-8(15)5-6-18-11/h3-4,8,11,15H,5-7H2,1-2H3. The summed E-state index contributed by atoms with van der Waals surface area (Å²) >= 11 is 6.20. The molecular weight excluding hydrogens is 256 g/mol. The molecule has 1 heterocycles. The molecule has 0 saturated carbocycles. The molecule has 1 N–H and O–H groups in total. The van der Waals surface area contributed by atoms with Gasteiger partial charge in [0.2, 0.25) is 0 Å². The second-order valence-electron chi connectivity index (χ2n) is 4.24. The fourth-order valence-electron chi connectivity index (χ4n) is 2.17. The fraction of sp³-hybridized carbons (Fsp3) is 0.538. The number of aliphatic hydroxyl groups excluding tert-OH is 1. The van der Waals surface area contributed by atoms with E-state index < -0.39 is 0 Å². The lowest BCUT2D eigenvalue weighted by Crippen LogP contribution is -2.23. The highest BCUT2D eigenvalue weighted by atomic mass is 35.5. The van der Waals surface area contributed by atoms with E-state index in [9.17, 15) is 5.11 Å². The summed E-state index contributed by atoms with van der Waals surface area (Å²) in [5.41, 5.74) is 0.849. The summed E-state index contributed by atoms with van der Waals surface area (Å²) in [6.45, 7) is 0.540. The van der Waals surface area contributed by atoms with Gasteiger partial charge in [0, 0.05) is 18.6 Å². The van der Waals surface area contributed by atoms with Crippen LogP contribution in [0.2, 0.25) is 5.02 Å². The van der Waals surface area contributed by atoms with Crippen LogP contribution in [0.4, 0.5) is 0 Å². The van der Waals surface area contributed by atoms with E-state index in [0.29, 0.717) is 36.0 Å².